The Hall–Kier alpha value is -2.28. The molecule has 3 rings (SSSR count). The van der Waals surface area contributed by atoms with Crippen LogP contribution in [-0.2, 0) is 6.42 Å². The molecule has 0 aliphatic carbocycles. The summed E-state index contributed by atoms with van der Waals surface area (Å²) in [6.45, 7) is 2.18. The molecule has 94 valence electrons. The van der Waals surface area contributed by atoms with Crippen LogP contribution >= 0.6 is 0 Å². The molecule has 0 bridgehead atoms. The van der Waals surface area contributed by atoms with Gasteiger partial charge in [-0.2, -0.15) is 0 Å². The minimum Gasteiger partial charge on any atom is -0.355 e. The van der Waals surface area contributed by atoms with Crippen LogP contribution in [0, 0.1) is 0 Å². The van der Waals surface area contributed by atoms with Crippen LogP contribution in [0.15, 0.2) is 66.7 Å². The molecule has 0 saturated carbocycles. The minimum atomic E-state index is 1.06. The highest BCUT2D eigenvalue weighted by Gasteiger charge is 2.01. The van der Waals surface area contributed by atoms with Gasteiger partial charge in [0, 0.05) is 16.8 Å². The first-order valence-corrected chi connectivity index (χ1v) is 6.70. The molecule has 0 aromatic heterocycles. The Bertz CT molecular complexity index is 695. The van der Waals surface area contributed by atoms with Gasteiger partial charge in [-0.15, -0.1) is 0 Å². The zero-order valence-corrected chi connectivity index (χ0v) is 11.1. The van der Waals surface area contributed by atoms with E-state index in [1.54, 1.807) is 0 Å². The molecule has 0 unspecified atom stereocenters. The van der Waals surface area contributed by atoms with E-state index in [1.807, 2.05) is 0 Å². The molecule has 0 saturated heterocycles. The summed E-state index contributed by atoms with van der Waals surface area (Å²) in [6.07, 6.45) is 1.06. The standard InChI is InChI=1S/C18H17N/c1-2-14-7-5-10-16(13-14)19-18-12-6-9-15-8-3-4-11-17(15)18/h3-13,19H,2H2,1H3. The van der Waals surface area contributed by atoms with E-state index in [2.05, 4.69) is 79.0 Å². The van der Waals surface area contributed by atoms with Crippen LogP contribution in [0.25, 0.3) is 10.8 Å². The molecule has 19 heavy (non-hydrogen) atoms. The van der Waals surface area contributed by atoms with Crippen LogP contribution in [0.2, 0.25) is 0 Å². The summed E-state index contributed by atoms with van der Waals surface area (Å²) in [5.74, 6) is 0. The van der Waals surface area contributed by atoms with Crippen molar-refractivity contribution in [3.63, 3.8) is 0 Å². The van der Waals surface area contributed by atoms with Crippen LogP contribution in [0.5, 0.6) is 0 Å². The number of aryl methyl sites for hydroxylation is 1. The van der Waals surface area contributed by atoms with E-state index >= 15 is 0 Å². The van der Waals surface area contributed by atoms with E-state index in [0.717, 1.165) is 17.8 Å². The van der Waals surface area contributed by atoms with Crippen molar-refractivity contribution in [1.82, 2.24) is 0 Å². The summed E-state index contributed by atoms with van der Waals surface area (Å²) >= 11 is 0. The molecule has 0 atom stereocenters. The largest absolute Gasteiger partial charge is 0.355 e. The lowest BCUT2D eigenvalue weighted by Crippen LogP contribution is -1.92. The molecule has 0 radical (unpaired) electrons. The van der Waals surface area contributed by atoms with Crippen LogP contribution in [0.1, 0.15) is 12.5 Å². The summed E-state index contributed by atoms with van der Waals surface area (Å²) < 4.78 is 0. The Balaban J connectivity index is 2.01. The van der Waals surface area contributed by atoms with Gasteiger partial charge in [-0.25, -0.2) is 0 Å². The van der Waals surface area contributed by atoms with Crippen molar-refractivity contribution in [2.75, 3.05) is 5.32 Å². The highest BCUT2D eigenvalue weighted by atomic mass is 14.9. The van der Waals surface area contributed by atoms with Gasteiger partial charge in [-0.05, 0) is 35.6 Å². The molecule has 1 N–H and O–H groups in total. The van der Waals surface area contributed by atoms with Crippen molar-refractivity contribution >= 4 is 22.1 Å². The SMILES string of the molecule is CCc1cccc(Nc2cccc3ccccc23)c1. The molecular formula is C18H17N. The van der Waals surface area contributed by atoms with E-state index in [0.29, 0.717) is 0 Å². The summed E-state index contributed by atoms with van der Waals surface area (Å²) in [5.41, 5.74) is 3.66. The molecule has 0 aliphatic rings. The lowest BCUT2D eigenvalue weighted by atomic mass is 10.1. The van der Waals surface area contributed by atoms with Gasteiger partial charge in [-0.3, -0.25) is 0 Å². The zero-order chi connectivity index (χ0) is 13.1. The maximum absolute atomic E-state index is 3.52. The van der Waals surface area contributed by atoms with Gasteiger partial charge in [0.15, 0.2) is 0 Å². The first-order chi connectivity index (χ1) is 9.36. The average molecular weight is 247 g/mol. The van der Waals surface area contributed by atoms with Crippen LogP contribution in [0.4, 0.5) is 11.4 Å². The fourth-order valence-corrected chi connectivity index (χ4v) is 2.36. The van der Waals surface area contributed by atoms with Gasteiger partial charge < -0.3 is 5.32 Å². The second kappa shape index (κ2) is 5.15. The second-order valence-corrected chi connectivity index (χ2v) is 4.71. The summed E-state index contributed by atoms with van der Waals surface area (Å²) in [4.78, 5) is 0. The van der Waals surface area contributed by atoms with Crippen molar-refractivity contribution in [3.05, 3.63) is 72.3 Å². The number of fused-ring (bicyclic) bond motifs is 1. The van der Waals surface area contributed by atoms with Gasteiger partial charge in [0.25, 0.3) is 0 Å². The lowest BCUT2D eigenvalue weighted by Gasteiger charge is -2.10. The number of hydrogen-bond donors (Lipinski definition) is 1. The molecule has 3 aromatic carbocycles. The number of hydrogen-bond acceptors (Lipinski definition) is 1. The normalized spacial score (nSPS) is 10.6. The van der Waals surface area contributed by atoms with Crippen molar-refractivity contribution in [2.24, 2.45) is 0 Å². The monoisotopic (exact) mass is 247 g/mol. The Morgan fingerprint density at radius 2 is 1.63 bits per heavy atom. The molecule has 3 aromatic rings. The van der Waals surface area contributed by atoms with Crippen LogP contribution in [0.3, 0.4) is 0 Å². The van der Waals surface area contributed by atoms with Gasteiger partial charge in [0.05, 0.1) is 0 Å². The van der Waals surface area contributed by atoms with E-state index in [-0.39, 0.29) is 0 Å². The highest BCUT2D eigenvalue weighted by Crippen LogP contribution is 2.26. The summed E-state index contributed by atoms with van der Waals surface area (Å²) in [7, 11) is 0. The van der Waals surface area contributed by atoms with Gasteiger partial charge in [0.1, 0.15) is 0 Å². The first-order valence-electron chi connectivity index (χ1n) is 6.70. The van der Waals surface area contributed by atoms with Gasteiger partial charge in [0.2, 0.25) is 0 Å². The zero-order valence-electron chi connectivity index (χ0n) is 11.1. The number of nitrogens with one attached hydrogen (secondary N) is 1. The van der Waals surface area contributed by atoms with Crippen LogP contribution in [-0.4, -0.2) is 0 Å². The fourth-order valence-electron chi connectivity index (χ4n) is 2.36. The predicted octanol–water partition coefficient (Wildman–Crippen LogP) is 5.15. The molecule has 1 heteroatoms. The Labute approximate surface area is 113 Å². The van der Waals surface area contributed by atoms with Crippen molar-refractivity contribution < 1.29 is 0 Å². The Morgan fingerprint density at radius 3 is 2.53 bits per heavy atom. The molecule has 0 aliphatic heterocycles. The third-order valence-electron chi connectivity index (χ3n) is 3.40. The highest BCUT2D eigenvalue weighted by molar-refractivity contribution is 5.95. The number of anilines is 2. The van der Waals surface area contributed by atoms with E-state index in [4.69, 9.17) is 0 Å². The third kappa shape index (κ3) is 2.45. The van der Waals surface area contributed by atoms with Crippen molar-refractivity contribution in [2.45, 2.75) is 13.3 Å². The van der Waals surface area contributed by atoms with Gasteiger partial charge in [-0.1, -0.05) is 55.5 Å². The molecule has 0 spiro atoms. The van der Waals surface area contributed by atoms with E-state index in [1.165, 1.54) is 16.3 Å². The summed E-state index contributed by atoms with van der Waals surface area (Å²) in [6, 6.07) is 23.4. The van der Waals surface area contributed by atoms with E-state index < -0.39 is 0 Å². The molecule has 0 heterocycles. The van der Waals surface area contributed by atoms with Crippen LogP contribution < -0.4 is 5.32 Å². The first kappa shape index (κ1) is 11.8. The molecule has 1 nitrogen and oxygen atoms in total. The molecular weight excluding hydrogens is 230 g/mol. The molecule has 0 amide bonds. The maximum Gasteiger partial charge on any atom is 0.0463 e. The summed E-state index contributed by atoms with van der Waals surface area (Å²) in [5, 5.41) is 6.04. The smallest absolute Gasteiger partial charge is 0.0463 e. The topological polar surface area (TPSA) is 12.0 Å². The van der Waals surface area contributed by atoms with E-state index in [9.17, 15) is 0 Å². The fraction of sp³-hybridized carbons (Fsp3) is 0.111. The average Bonchev–Trinajstić information content (AvgIpc) is 2.48. The third-order valence-corrected chi connectivity index (χ3v) is 3.40. The van der Waals surface area contributed by atoms with Gasteiger partial charge >= 0.3 is 0 Å². The van der Waals surface area contributed by atoms with Crippen molar-refractivity contribution in [3.8, 4) is 0 Å². The number of rotatable bonds is 3. The quantitative estimate of drug-likeness (QED) is 0.675. The number of benzene rings is 3. The minimum absolute atomic E-state index is 1.06. The Morgan fingerprint density at radius 1 is 0.842 bits per heavy atom. The predicted molar refractivity (Wildman–Crippen MR) is 83.1 cm³/mol. The second-order valence-electron chi connectivity index (χ2n) is 4.71. The molecule has 0 fully saturated rings. The maximum atomic E-state index is 3.52. The van der Waals surface area contributed by atoms with Crippen molar-refractivity contribution in [1.29, 1.82) is 0 Å². The Kier molecular flexibility index (Phi) is 3.20. The lowest BCUT2D eigenvalue weighted by molar-refractivity contribution is 1.14.